The van der Waals surface area contributed by atoms with Crippen molar-refractivity contribution in [3.8, 4) is 0 Å². The number of aromatic nitrogens is 1. The van der Waals surface area contributed by atoms with Crippen molar-refractivity contribution in [2.24, 2.45) is 0 Å². The second-order valence-corrected chi connectivity index (χ2v) is 10.8. The molecule has 9 heteroatoms. The fourth-order valence-corrected chi connectivity index (χ4v) is 5.75. The molecule has 0 radical (unpaired) electrons. The molecule has 1 unspecified atom stereocenters. The van der Waals surface area contributed by atoms with E-state index in [0.717, 1.165) is 27.6 Å². The van der Waals surface area contributed by atoms with Gasteiger partial charge in [-0.05, 0) is 61.7 Å². The topological polar surface area (TPSA) is 88.7 Å². The Morgan fingerprint density at radius 1 is 1.09 bits per heavy atom. The third-order valence-electron chi connectivity index (χ3n) is 5.81. The molecule has 3 aromatic rings. The maximum absolute atomic E-state index is 13.6. The molecule has 0 amide bonds. The Morgan fingerprint density at radius 2 is 1.88 bits per heavy atom. The van der Waals surface area contributed by atoms with Crippen molar-refractivity contribution >= 4 is 32.5 Å². The van der Waals surface area contributed by atoms with E-state index in [-0.39, 0.29) is 30.2 Å². The molecule has 33 heavy (non-hydrogen) atoms. The van der Waals surface area contributed by atoms with Gasteiger partial charge >= 0.3 is 0 Å². The first-order chi connectivity index (χ1) is 15.6. The van der Waals surface area contributed by atoms with Gasteiger partial charge in [0.2, 0.25) is 10.0 Å². The summed E-state index contributed by atoms with van der Waals surface area (Å²) in [6, 6.07) is 10.3. The summed E-state index contributed by atoms with van der Waals surface area (Å²) in [6.45, 7) is 6.84. The number of sulfonamides is 1. The Labute approximate surface area is 198 Å². The summed E-state index contributed by atoms with van der Waals surface area (Å²) in [4.78, 5) is 15.9. The van der Waals surface area contributed by atoms with Crippen LogP contribution in [0, 0.1) is 20.8 Å². The minimum Gasteiger partial charge on any atom is -0.376 e. The molecule has 1 fully saturated rings. The second kappa shape index (κ2) is 9.56. The molecule has 176 valence electrons. The SMILES string of the molecule is Cc1cc(C)c2cc(CN(CC3COCCO3)S(=O)(=O)c3ccc(C)c(Cl)c3)c(=O)[nH]c2c1. The minimum absolute atomic E-state index is 0.0538. The highest BCUT2D eigenvalue weighted by Gasteiger charge is 2.30. The van der Waals surface area contributed by atoms with Crippen molar-refractivity contribution in [3.63, 3.8) is 0 Å². The molecule has 1 N–H and O–H groups in total. The lowest BCUT2D eigenvalue weighted by Crippen LogP contribution is -2.43. The minimum atomic E-state index is -3.96. The van der Waals surface area contributed by atoms with Gasteiger partial charge in [0, 0.05) is 34.6 Å². The predicted octanol–water partition coefficient (Wildman–Crippen LogP) is 3.71. The number of fused-ring (bicyclic) bond motifs is 1. The van der Waals surface area contributed by atoms with Crippen molar-refractivity contribution in [2.45, 2.75) is 38.3 Å². The number of H-pyrrole nitrogens is 1. The van der Waals surface area contributed by atoms with Crippen molar-refractivity contribution < 1.29 is 17.9 Å². The van der Waals surface area contributed by atoms with Gasteiger partial charge < -0.3 is 14.5 Å². The molecule has 0 aliphatic carbocycles. The molecule has 2 aromatic carbocycles. The molecule has 0 bridgehead atoms. The molecular weight excluding hydrogens is 464 g/mol. The fraction of sp³-hybridized carbons (Fsp3) is 0.375. The van der Waals surface area contributed by atoms with E-state index in [1.807, 2.05) is 32.9 Å². The molecule has 4 rings (SSSR count). The summed E-state index contributed by atoms with van der Waals surface area (Å²) in [5.74, 6) is 0. The van der Waals surface area contributed by atoms with Gasteiger partial charge in [0.25, 0.3) is 5.56 Å². The van der Waals surface area contributed by atoms with Gasteiger partial charge in [0.05, 0.1) is 30.8 Å². The summed E-state index contributed by atoms with van der Waals surface area (Å²) in [5.41, 5.74) is 3.58. The molecule has 0 spiro atoms. The van der Waals surface area contributed by atoms with E-state index in [4.69, 9.17) is 21.1 Å². The zero-order valence-electron chi connectivity index (χ0n) is 18.9. The van der Waals surface area contributed by atoms with Crippen LogP contribution in [0.4, 0.5) is 0 Å². The number of nitrogens with zero attached hydrogens (tertiary/aromatic N) is 1. The second-order valence-electron chi connectivity index (χ2n) is 8.44. The number of rotatable bonds is 6. The van der Waals surface area contributed by atoms with Gasteiger partial charge in [-0.2, -0.15) is 4.31 Å². The van der Waals surface area contributed by atoms with E-state index in [2.05, 4.69) is 4.98 Å². The lowest BCUT2D eigenvalue weighted by atomic mass is 10.0. The number of hydrogen-bond donors (Lipinski definition) is 1. The largest absolute Gasteiger partial charge is 0.376 e. The number of benzene rings is 2. The number of hydrogen-bond acceptors (Lipinski definition) is 5. The first-order valence-electron chi connectivity index (χ1n) is 10.7. The average molecular weight is 491 g/mol. The van der Waals surface area contributed by atoms with Crippen molar-refractivity contribution in [3.05, 3.63) is 74.0 Å². The molecule has 2 heterocycles. The Morgan fingerprint density at radius 3 is 2.58 bits per heavy atom. The number of nitrogens with one attached hydrogen (secondary N) is 1. The maximum Gasteiger partial charge on any atom is 0.252 e. The van der Waals surface area contributed by atoms with E-state index in [1.54, 1.807) is 12.1 Å². The van der Waals surface area contributed by atoms with Crippen LogP contribution in [0.15, 0.2) is 46.1 Å². The molecule has 1 saturated heterocycles. The lowest BCUT2D eigenvalue weighted by molar-refractivity contribution is -0.0923. The normalized spacial score (nSPS) is 17.1. The number of ether oxygens (including phenoxy) is 2. The van der Waals surface area contributed by atoms with Crippen LogP contribution in [0.3, 0.4) is 0 Å². The molecule has 0 saturated carbocycles. The maximum atomic E-state index is 13.6. The van der Waals surface area contributed by atoms with E-state index in [1.165, 1.54) is 16.4 Å². The van der Waals surface area contributed by atoms with Crippen LogP contribution in [0.2, 0.25) is 5.02 Å². The van der Waals surface area contributed by atoms with E-state index in [0.29, 0.717) is 23.8 Å². The van der Waals surface area contributed by atoms with E-state index < -0.39 is 16.1 Å². The summed E-state index contributed by atoms with van der Waals surface area (Å²) in [7, 11) is -3.96. The highest BCUT2D eigenvalue weighted by Crippen LogP contribution is 2.25. The van der Waals surface area contributed by atoms with E-state index in [9.17, 15) is 13.2 Å². The Bertz CT molecular complexity index is 1350. The summed E-state index contributed by atoms with van der Waals surface area (Å²) in [6.07, 6.45) is -0.432. The predicted molar refractivity (Wildman–Crippen MR) is 128 cm³/mol. The van der Waals surface area contributed by atoms with Gasteiger partial charge in [-0.1, -0.05) is 23.7 Å². The first-order valence-corrected chi connectivity index (χ1v) is 12.6. The molecular formula is C24H27ClN2O5S. The van der Waals surface area contributed by atoms with Crippen LogP contribution >= 0.6 is 11.6 Å². The molecule has 1 aliphatic heterocycles. The van der Waals surface area contributed by atoms with Crippen LogP contribution < -0.4 is 5.56 Å². The quantitative estimate of drug-likeness (QED) is 0.569. The Hall–Kier alpha value is -2.23. The zero-order chi connectivity index (χ0) is 23.8. The number of aryl methyl sites for hydroxylation is 3. The Balaban J connectivity index is 1.75. The van der Waals surface area contributed by atoms with E-state index >= 15 is 0 Å². The monoisotopic (exact) mass is 490 g/mol. The van der Waals surface area contributed by atoms with Gasteiger partial charge in [0.15, 0.2) is 0 Å². The van der Waals surface area contributed by atoms with Crippen LogP contribution in [-0.2, 0) is 26.0 Å². The zero-order valence-corrected chi connectivity index (χ0v) is 20.4. The molecule has 1 aliphatic rings. The average Bonchev–Trinajstić information content (AvgIpc) is 2.76. The fourth-order valence-electron chi connectivity index (χ4n) is 4.02. The number of pyridine rings is 1. The Kier molecular flexibility index (Phi) is 6.93. The van der Waals surface area contributed by atoms with Gasteiger partial charge in [-0.3, -0.25) is 4.79 Å². The molecule has 7 nitrogen and oxygen atoms in total. The van der Waals surface area contributed by atoms with Crippen molar-refractivity contribution in [1.29, 1.82) is 0 Å². The van der Waals surface area contributed by atoms with Crippen molar-refractivity contribution in [1.82, 2.24) is 9.29 Å². The smallest absolute Gasteiger partial charge is 0.252 e. The third-order valence-corrected chi connectivity index (χ3v) is 8.02. The van der Waals surface area contributed by atoms with Crippen LogP contribution in [-0.4, -0.2) is 50.2 Å². The number of aromatic amines is 1. The van der Waals surface area contributed by atoms with Crippen LogP contribution in [0.5, 0.6) is 0 Å². The van der Waals surface area contributed by atoms with Crippen LogP contribution in [0.25, 0.3) is 10.9 Å². The van der Waals surface area contributed by atoms with Gasteiger partial charge in [0.1, 0.15) is 0 Å². The summed E-state index contributed by atoms with van der Waals surface area (Å²) < 4.78 is 39.7. The first kappa shape index (κ1) is 23.9. The standard InChI is InChI=1S/C24H27ClN2O5S/c1-15-8-17(3)21-10-18(24(28)26-23(21)9-15)12-27(13-19-14-31-6-7-32-19)33(29,30)20-5-4-16(2)22(25)11-20/h4-5,8-11,19H,6-7,12-14H2,1-3H3,(H,26,28). The van der Waals surface area contributed by atoms with Crippen molar-refractivity contribution in [2.75, 3.05) is 26.4 Å². The molecule has 1 aromatic heterocycles. The van der Waals surface area contributed by atoms with Gasteiger partial charge in [-0.15, -0.1) is 0 Å². The highest BCUT2D eigenvalue weighted by molar-refractivity contribution is 7.89. The third kappa shape index (κ3) is 5.15. The lowest BCUT2D eigenvalue weighted by Gasteiger charge is -2.29. The summed E-state index contributed by atoms with van der Waals surface area (Å²) in [5, 5.41) is 1.24. The van der Waals surface area contributed by atoms with Gasteiger partial charge in [-0.25, -0.2) is 8.42 Å². The number of halogens is 1. The van der Waals surface area contributed by atoms with Crippen LogP contribution in [0.1, 0.15) is 22.3 Å². The highest BCUT2D eigenvalue weighted by atomic mass is 35.5. The summed E-state index contributed by atoms with van der Waals surface area (Å²) >= 11 is 6.21. The molecule has 1 atom stereocenters.